The number of hydrogen-bond donors (Lipinski definition) is 1. The molecule has 0 amide bonds. The van der Waals surface area contributed by atoms with Crippen molar-refractivity contribution in [2.75, 3.05) is 0 Å². The number of nitrogens with two attached hydrogens (primary N) is 1. The molecule has 1 nitrogen and oxygen atoms in total. The van der Waals surface area contributed by atoms with Crippen LogP contribution in [0.4, 0.5) is 0 Å². The molecule has 0 unspecified atom stereocenters. The highest BCUT2D eigenvalue weighted by atomic mass is 79.9. The minimum absolute atomic E-state index is 0. The molecule has 1 aromatic heterocycles. The normalized spacial score (nSPS) is 9.10. The first-order valence-corrected chi connectivity index (χ1v) is 4.36. The molecule has 0 aromatic carbocycles. The van der Waals surface area contributed by atoms with Crippen LogP contribution in [0, 0.1) is 0 Å². The minimum Gasteiger partial charge on any atom is -0.326 e. The Bertz CT molecular complexity index is 213. The van der Waals surface area contributed by atoms with Gasteiger partial charge in [0.05, 0.1) is 4.34 Å². The Morgan fingerprint density at radius 2 is 2.30 bits per heavy atom. The van der Waals surface area contributed by atoms with Crippen LogP contribution in [0.1, 0.15) is 4.88 Å². The molecule has 1 heterocycles. The Hall–Kier alpha value is 0.720. The Morgan fingerprint density at radius 3 is 2.50 bits per heavy atom. The van der Waals surface area contributed by atoms with Crippen molar-refractivity contribution in [2.24, 2.45) is 5.73 Å². The summed E-state index contributed by atoms with van der Waals surface area (Å²) >= 11 is 10.5. The molecule has 10 heavy (non-hydrogen) atoms. The highest BCUT2D eigenvalue weighted by Crippen LogP contribution is 2.30. The maximum absolute atomic E-state index is 5.68. The number of thiophene rings is 1. The van der Waals surface area contributed by atoms with Gasteiger partial charge in [-0.3, -0.25) is 0 Å². The van der Waals surface area contributed by atoms with Gasteiger partial charge in [-0.15, -0.1) is 23.7 Å². The van der Waals surface area contributed by atoms with E-state index in [1.165, 1.54) is 11.3 Å². The largest absolute Gasteiger partial charge is 0.326 e. The Kier molecular flexibility index (Phi) is 4.90. The lowest BCUT2D eigenvalue weighted by atomic mass is 10.5. The van der Waals surface area contributed by atoms with Crippen LogP contribution in [0.25, 0.3) is 0 Å². The fourth-order valence-electron chi connectivity index (χ4n) is 0.515. The molecule has 1 aromatic rings. The first-order chi connectivity index (χ1) is 4.24. The standard InChI is InChI=1S/C5H5BrClNS.ClH/c6-3-1-5(7)9-4(3)2-8;/h1H,2,8H2;1H. The second kappa shape index (κ2) is 4.57. The number of halogens is 3. The zero-order valence-corrected chi connectivity index (χ0v) is 8.91. The van der Waals surface area contributed by atoms with Crippen LogP contribution in [-0.2, 0) is 6.54 Å². The summed E-state index contributed by atoms with van der Waals surface area (Å²) in [5, 5.41) is 0. The first kappa shape index (κ1) is 10.7. The van der Waals surface area contributed by atoms with Gasteiger partial charge in [0, 0.05) is 15.9 Å². The smallest absolute Gasteiger partial charge is 0.0943 e. The van der Waals surface area contributed by atoms with Crippen LogP contribution < -0.4 is 5.73 Å². The summed E-state index contributed by atoms with van der Waals surface area (Å²) in [4.78, 5) is 1.10. The molecule has 0 aliphatic heterocycles. The Morgan fingerprint density at radius 1 is 1.70 bits per heavy atom. The highest BCUT2D eigenvalue weighted by Gasteiger charge is 2.01. The molecule has 0 bridgehead atoms. The minimum atomic E-state index is 0. The van der Waals surface area contributed by atoms with Crippen LogP contribution in [0.2, 0.25) is 4.34 Å². The number of rotatable bonds is 1. The summed E-state index contributed by atoms with van der Waals surface area (Å²) in [6.45, 7) is 0.554. The average Bonchev–Trinajstić information content (AvgIpc) is 2.10. The van der Waals surface area contributed by atoms with Crippen molar-refractivity contribution >= 4 is 51.3 Å². The third-order valence-electron chi connectivity index (χ3n) is 0.913. The van der Waals surface area contributed by atoms with E-state index in [0.717, 1.165) is 13.7 Å². The predicted octanol–water partition coefficient (Wildman–Crippen LogP) is 3.04. The van der Waals surface area contributed by atoms with Gasteiger partial charge in [-0.1, -0.05) is 11.6 Å². The van der Waals surface area contributed by atoms with Crippen LogP contribution in [0.15, 0.2) is 10.5 Å². The molecule has 0 saturated heterocycles. The van der Waals surface area contributed by atoms with E-state index in [1.807, 2.05) is 6.07 Å². The van der Waals surface area contributed by atoms with Crippen molar-refractivity contribution in [3.63, 3.8) is 0 Å². The van der Waals surface area contributed by atoms with Crippen molar-refractivity contribution in [2.45, 2.75) is 6.54 Å². The van der Waals surface area contributed by atoms with E-state index in [-0.39, 0.29) is 12.4 Å². The quantitative estimate of drug-likeness (QED) is 0.827. The third-order valence-corrected chi connectivity index (χ3v) is 3.17. The van der Waals surface area contributed by atoms with E-state index < -0.39 is 0 Å². The predicted molar refractivity (Wildman–Crippen MR) is 52.2 cm³/mol. The van der Waals surface area contributed by atoms with Gasteiger partial charge in [0.2, 0.25) is 0 Å². The molecule has 2 N–H and O–H groups in total. The van der Waals surface area contributed by atoms with Crippen molar-refractivity contribution in [3.8, 4) is 0 Å². The highest BCUT2D eigenvalue weighted by molar-refractivity contribution is 9.10. The van der Waals surface area contributed by atoms with Gasteiger partial charge in [0.1, 0.15) is 0 Å². The summed E-state index contributed by atoms with van der Waals surface area (Å²) in [7, 11) is 0. The van der Waals surface area contributed by atoms with E-state index >= 15 is 0 Å². The lowest BCUT2D eigenvalue weighted by molar-refractivity contribution is 1.10. The first-order valence-electron chi connectivity index (χ1n) is 2.38. The van der Waals surface area contributed by atoms with Crippen molar-refractivity contribution in [3.05, 3.63) is 19.8 Å². The Labute approximate surface area is 83.1 Å². The average molecular weight is 263 g/mol. The Balaban J connectivity index is 0.000000810. The molecule has 0 aliphatic carbocycles. The molecule has 0 aliphatic rings. The second-order valence-electron chi connectivity index (χ2n) is 1.53. The molecule has 5 heteroatoms. The topological polar surface area (TPSA) is 26.0 Å². The molecule has 0 fully saturated rings. The van der Waals surface area contributed by atoms with Crippen molar-refractivity contribution in [1.29, 1.82) is 0 Å². The molecule has 0 atom stereocenters. The summed E-state index contributed by atoms with van der Waals surface area (Å²) < 4.78 is 1.79. The van der Waals surface area contributed by atoms with E-state index in [0.29, 0.717) is 6.54 Å². The van der Waals surface area contributed by atoms with Crippen molar-refractivity contribution < 1.29 is 0 Å². The lowest BCUT2D eigenvalue weighted by Gasteiger charge is -1.86. The van der Waals surface area contributed by atoms with Gasteiger partial charge in [-0.2, -0.15) is 0 Å². The van der Waals surface area contributed by atoms with E-state index in [2.05, 4.69) is 15.9 Å². The molecular formula is C5H6BrCl2NS. The molecule has 0 radical (unpaired) electrons. The molecular weight excluding hydrogens is 257 g/mol. The van der Waals surface area contributed by atoms with Gasteiger partial charge in [0.15, 0.2) is 0 Å². The van der Waals surface area contributed by atoms with Crippen LogP contribution in [0.5, 0.6) is 0 Å². The van der Waals surface area contributed by atoms with Gasteiger partial charge >= 0.3 is 0 Å². The fraction of sp³-hybridized carbons (Fsp3) is 0.200. The summed E-state index contributed by atoms with van der Waals surface area (Å²) in [6.07, 6.45) is 0. The van der Waals surface area contributed by atoms with Crippen molar-refractivity contribution in [1.82, 2.24) is 0 Å². The van der Waals surface area contributed by atoms with Gasteiger partial charge < -0.3 is 5.73 Å². The van der Waals surface area contributed by atoms with Crippen LogP contribution >= 0.6 is 51.3 Å². The maximum Gasteiger partial charge on any atom is 0.0943 e. The molecule has 0 saturated carbocycles. The summed E-state index contributed by atoms with van der Waals surface area (Å²) in [5.74, 6) is 0. The zero-order valence-electron chi connectivity index (χ0n) is 4.93. The monoisotopic (exact) mass is 261 g/mol. The lowest BCUT2D eigenvalue weighted by Crippen LogP contribution is -1.92. The third kappa shape index (κ3) is 2.40. The van der Waals surface area contributed by atoms with E-state index in [4.69, 9.17) is 17.3 Å². The number of hydrogen-bond acceptors (Lipinski definition) is 2. The SMILES string of the molecule is Cl.NCc1sc(Cl)cc1Br. The molecule has 58 valence electrons. The molecule has 0 spiro atoms. The zero-order chi connectivity index (χ0) is 6.85. The van der Waals surface area contributed by atoms with Gasteiger partial charge in [0.25, 0.3) is 0 Å². The summed E-state index contributed by atoms with van der Waals surface area (Å²) in [5.41, 5.74) is 5.39. The second-order valence-corrected chi connectivity index (χ2v) is 4.15. The van der Waals surface area contributed by atoms with E-state index in [1.54, 1.807) is 0 Å². The van der Waals surface area contributed by atoms with Gasteiger partial charge in [-0.05, 0) is 22.0 Å². The van der Waals surface area contributed by atoms with Crippen LogP contribution in [-0.4, -0.2) is 0 Å². The van der Waals surface area contributed by atoms with Gasteiger partial charge in [-0.25, -0.2) is 0 Å². The summed E-state index contributed by atoms with van der Waals surface area (Å²) in [6, 6.07) is 1.86. The van der Waals surface area contributed by atoms with Crippen LogP contribution in [0.3, 0.4) is 0 Å². The fourth-order valence-corrected chi connectivity index (χ4v) is 2.47. The molecule has 1 rings (SSSR count). The maximum atomic E-state index is 5.68. The van der Waals surface area contributed by atoms with E-state index in [9.17, 15) is 0 Å².